The molecule has 0 heterocycles. The van der Waals surface area contributed by atoms with E-state index in [1.807, 2.05) is 0 Å². The minimum atomic E-state index is 0.709. The standard InChI is InChI=1S/C11H18N2.CH4O/c1-9-3-2-4-10(5-7-12)11(9)6-8-13;1-2/h2-4H,5-8,12-13H2,1H3;2H,1H3. The number of hydrogen-bond acceptors (Lipinski definition) is 3. The molecule has 0 atom stereocenters. The average molecular weight is 210 g/mol. The molecule has 3 heteroatoms. The highest BCUT2D eigenvalue weighted by Gasteiger charge is 2.03. The number of hydrogen-bond donors (Lipinski definition) is 3. The molecule has 15 heavy (non-hydrogen) atoms. The molecule has 3 nitrogen and oxygen atoms in total. The Morgan fingerprint density at radius 1 is 1.07 bits per heavy atom. The van der Waals surface area contributed by atoms with Gasteiger partial charge in [-0.05, 0) is 49.5 Å². The van der Waals surface area contributed by atoms with Crippen LogP contribution < -0.4 is 11.5 Å². The van der Waals surface area contributed by atoms with Crippen LogP contribution >= 0.6 is 0 Å². The summed E-state index contributed by atoms with van der Waals surface area (Å²) in [7, 11) is 1.00. The van der Waals surface area contributed by atoms with Gasteiger partial charge >= 0.3 is 0 Å². The maximum atomic E-state index is 7.00. The highest BCUT2D eigenvalue weighted by Crippen LogP contribution is 2.14. The van der Waals surface area contributed by atoms with E-state index in [-0.39, 0.29) is 0 Å². The number of benzene rings is 1. The fraction of sp³-hybridized carbons (Fsp3) is 0.500. The Morgan fingerprint density at radius 2 is 1.67 bits per heavy atom. The zero-order valence-electron chi connectivity index (χ0n) is 9.66. The van der Waals surface area contributed by atoms with Gasteiger partial charge in [-0.15, -0.1) is 0 Å². The predicted octanol–water partition coefficient (Wildman–Crippen LogP) is 0.606. The minimum absolute atomic E-state index is 0.709. The van der Waals surface area contributed by atoms with Crippen LogP contribution in [-0.2, 0) is 12.8 Å². The fourth-order valence-corrected chi connectivity index (χ4v) is 1.65. The first-order chi connectivity index (χ1) is 7.29. The Balaban J connectivity index is 0.000000921. The fourth-order valence-electron chi connectivity index (χ4n) is 1.65. The van der Waals surface area contributed by atoms with E-state index in [0.717, 1.165) is 20.0 Å². The lowest BCUT2D eigenvalue weighted by Gasteiger charge is -2.10. The van der Waals surface area contributed by atoms with Crippen LogP contribution in [0.15, 0.2) is 18.2 Å². The summed E-state index contributed by atoms with van der Waals surface area (Å²) in [5.74, 6) is 0. The Labute approximate surface area is 92.1 Å². The Bertz CT molecular complexity index is 274. The van der Waals surface area contributed by atoms with Gasteiger partial charge < -0.3 is 16.6 Å². The van der Waals surface area contributed by atoms with E-state index in [9.17, 15) is 0 Å². The molecular formula is C12H22N2O. The van der Waals surface area contributed by atoms with Crippen LogP contribution in [0.3, 0.4) is 0 Å². The summed E-state index contributed by atoms with van der Waals surface area (Å²) >= 11 is 0. The molecule has 0 aromatic heterocycles. The maximum Gasteiger partial charge on any atom is 0.0319 e. The van der Waals surface area contributed by atoms with Crippen LogP contribution in [0.2, 0.25) is 0 Å². The van der Waals surface area contributed by atoms with Crippen molar-refractivity contribution >= 4 is 0 Å². The zero-order chi connectivity index (χ0) is 11.7. The van der Waals surface area contributed by atoms with Gasteiger partial charge in [0, 0.05) is 7.11 Å². The summed E-state index contributed by atoms with van der Waals surface area (Å²) in [6, 6.07) is 6.36. The molecule has 0 fully saturated rings. The third-order valence-corrected chi connectivity index (χ3v) is 2.32. The smallest absolute Gasteiger partial charge is 0.0319 e. The minimum Gasteiger partial charge on any atom is -0.400 e. The molecule has 0 aliphatic heterocycles. The van der Waals surface area contributed by atoms with Crippen molar-refractivity contribution < 1.29 is 5.11 Å². The van der Waals surface area contributed by atoms with Crippen molar-refractivity contribution in [1.82, 2.24) is 0 Å². The lowest BCUT2D eigenvalue weighted by molar-refractivity contribution is 0.399. The summed E-state index contributed by atoms with van der Waals surface area (Å²) in [5.41, 5.74) is 15.2. The summed E-state index contributed by atoms with van der Waals surface area (Å²) < 4.78 is 0. The Kier molecular flexibility index (Phi) is 7.91. The summed E-state index contributed by atoms with van der Waals surface area (Å²) in [6.07, 6.45) is 1.92. The number of aryl methyl sites for hydroxylation is 1. The highest BCUT2D eigenvalue weighted by molar-refractivity contribution is 5.34. The van der Waals surface area contributed by atoms with Gasteiger partial charge in [-0.25, -0.2) is 0 Å². The van der Waals surface area contributed by atoms with Crippen molar-refractivity contribution in [2.75, 3.05) is 20.2 Å². The van der Waals surface area contributed by atoms with Crippen molar-refractivity contribution in [2.24, 2.45) is 11.5 Å². The van der Waals surface area contributed by atoms with Crippen LogP contribution in [0.25, 0.3) is 0 Å². The van der Waals surface area contributed by atoms with E-state index in [2.05, 4.69) is 25.1 Å². The molecule has 1 aromatic rings. The molecule has 0 radical (unpaired) electrons. The summed E-state index contributed by atoms with van der Waals surface area (Å²) in [5, 5.41) is 7.00. The van der Waals surface area contributed by atoms with Gasteiger partial charge in [-0.3, -0.25) is 0 Å². The van der Waals surface area contributed by atoms with Crippen LogP contribution in [-0.4, -0.2) is 25.3 Å². The van der Waals surface area contributed by atoms with Crippen molar-refractivity contribution in [3.8, 4) is 0 Å². The third kappa shape index (κ3) is 4.42. The van der Waals surface area contributed by atoms with E-state index >= 15 is 0 Å². The second-order valence-corrected chi connectivity index (χ2v) is 3.29. The lowest BCUT2D eigenvalue weighted by Crippen LogP contribution is -2.10. The predicted molar refractivity (Wildman–Crippen MR) is 64.8 cm³/mol. The number of nitrogens with two attached hydrogens (primary N) is 2. The molecule has 5 N–H and O–H groups in total. The number of rotatable bonds is 4. The van der Waals surface area contributed by atoms with Crippen molar-refractivity contribution in [3.05, 3.63) is 34.9 Å². The van der Waals surface area contributed by atoms with Crippen LogP contribution in [0.4, 0.5) is 0 Å². The molecule has 86 valence electrons. The second-order valence-electron chi connectivity index (χ2n) is 3.29. The average Bonchev–Trinajstić information content (AvgIpc) is 2.26. The SMILES string of the molecule is CO.Cc1cccc(CCN)c1CCN. The van der Waals surface area contributed by atoms with E-state index in [1.165, 1.54) is 16.7 Å². The van der Waals surface area contributed by atoms with Gasteiger partial charge in [-0.1, -0.05) is 18.2 Å². The van der Waals surface area contributed by atoms with E-state index in [0.29, 0.717) is 13.1 Å². The highest BCUT2D eigenvalue weighted by atomic mass is 16.2. The molecule has 0 aliphatic carbocycles. The molecule has 0 bridgehead atoms. The molecule has 0 unspecified atom stereocenters. The Hall–Kier alpha value is -0.900. The molecule has 0 aliphatic rings. The maximum absolute atomic E-state index is 7.00. The number of aliphatic hydroxyl groups is 1. The van der Waals surface area contributed by atoms with Gasteiger partial charge in [0.1, 0.15) is 0 Å². The molecule has 0 spiro atoms. The molecule has 0 saturated heterocycles. The van der Waals surface area contributed by atoms with Crippen LogP contribution in [0.1, 0.15) is 16.7 Å². The second kappa shape index (κ2) is 8.41. The molecule has 0 amide bonds. The summed E-state index contributed by atoms with van der Waals surface area (Å²) in [4.78, 5) is 0. The molecule has 1 rings (SSSR count). The molecule has 0 saturated carbocycles. The van der Waals surface area contributed by atoms with Crippen molar-refractivity contribution in [3.63, 3.8) is 0 Å². The van der Waals surface area contributed by atoms with Crippen molar-refractivity contribution in [1.29, 1.82) is 0 Å². The summed E-state index contributed by atoms with van der Waals surface area (Å²) in [6.45, 7) is 3.55. The Morgan fingerprint density at radius 3 is 2.20 bits per heavy atom. The molecular weight excluding hydrogens is 188 g/mol. The third-order valence-electron chi connectivity index (χ3n) is 2.32. The normalized spacial score (nSPS) is 9.40. The molecule has 1 aromatic carbocycles. The lowest BCUT2D eigenvalue weighted by atomic mass is 9.97. The van der Waals surface area contributed by atoms with Crippen LogP contribution in [0, 0.1) is 6.92 Å². The number of aliphatic hydroxyl groups excluding tert-OH is 1. The topological polar surface area (TPSA) is 72.3 Å². The van der Waals surface area contributed by atoms with Gasteiger partial charge in [0.25, 0.3) is 0 Å². The van der Waals surface area contributed by atoms with E-state index in [1.54, 1.807) is 0 Å². The van der Waals surface area contributed by atoms with Gasteiger partial charge in [0.2, 0.25) is 0 Å². The first-order valence-corrected chi connectivity index (χ1v) is 5.21. The first-order valence-electron chi connectivity index (χ1n) is 5.21. The zero-order valence-corrected chi connectivity index (χ0v) is 9.66. The van der Waals surface area contributed by atoms with E-state index < -0.39 is 0 Å². The van der Waals surface area contributed by atoms with E-state index in [4.69, 9.17) is 16.6 Å². The quantitative estimate of drug-likeness (QED) is 0.681. The van der Waals surface area contributed by atoms with Gasteiger partial charge in [-0.2, -0.15) is 0 Å². The van der Waals surface area contributed by atoms with Gasteiger partial charge in [0.15, 0.2) is 0 Å². The largest absolute Gasteiger partial charge is 0.400 e. The first kappa shape index (κ1) is 14.1. The monoisotopic (exact) mass is 210 g/mol. The van der Waals surface area contributed by atoms with Crippen LogP contribution in [0.5, 0.6) is 0 Å². The van der Waals surface area contributed by atoms with Gasteiger partial charge in [0.05, 0.1) is 0 Å². The van der Waals surface area contributed by atoms with Crippen molar-refractivity contribution in [2.45, 2.75) is 19.8 Å².